The van der Waals surface area contributed by atoms with Gasteiger partial charge in [0.25, 0.3) is 0 Å². The van der Waals surface area contributed by atoms with Crippen LogP contribution in [0.15, 0.2) is 18.3 Å². The summed E-state index contributed by atoms with van der Waals surface area (Å²) in [4.78, 5) is 15.8. The maximum atomic E-state index is 11.8. The molecule has 1 aromatic rings. The first-order valence-electron chi connectivity index (χ1n) is 6.12. The van der Waals surface area contributed by atoms with Crippen LogP contribution in [0, 0.1) is 5.92 Å². The molecule has 1 aromatic heterocycles. The minimum Gasteiger partial charge on any atom is -0.397 e. The molecule has 1 atom stereocenters. The first-order valence-corrected chi connectivity index (χ1v) is 6.12. The first-order chi connectivity index (χ1) is 8.51. The molecule has 0 aliphatic heterocycles. The number of aliphatic hydroxyl groups is 1. The van der Waals surface area contributed by atoms with E-state index in [1.165, 1.54) is 6.20 Å². The van der Waals surface area contributed by atoms with Crippen molar-refractivity contribution in [1.82, 2.24) is 10.3 Å². The first kappa shape index (κ1) is 14.4. The highest BCUT2D eigenvalue weighted by molar-refractivity contribution is 5.78. The quantitative estimate of drug-likeness (QED) is 0.695. The molecule has 1 amide bonds. The lowest BCUT2D eigenvalue weighted by molar-refractivity contribution is -0.121. The number of aliphatic hydroxyl groups excluding tert-OH is 1. The summed E-state index contributed by atoms with van der Waals surface area (Å²) in [6.45, 7) is 4.06. The normalized spacial score (nSPS) is 12.4. The number of carbonyl (C=O) groups is 1. The number of hydrogen-bond acceptors (Lipinski definition) is 4. The second-order valence-corrected chi connectivity index (χ2v) is 4.84. The van der Waals surface area contributed by atoms with Gasteiger partial charge in [-0.1, -0.05) is 13.8 Å². The molecule has 0 aliphatic carbocycles. The number of anilines is 1. The van der Waals surface area contributed by atoms with Gasteiger partial charge in [0.05, 0.1) is 31.0 Å². The van der Waals surface area contributed by atoms with Crippen molar-refractivity contribution in [3.8, 4) is 0 Å². The standard InChI is InChI=1S/C13H21N3O2/c1-9(2)5-12(8-17)16-13(18)6-11-4-3-10(14)7-15-11/h3-4,7,9,12,17H,5-6,8,14H2,1-2H3,(H,16,18). The van der Waals surface area contributed by atoms with Gasteiger partial charge in [0.15, 0.2) is 0 Å². The van der Waals surface area contributed by atoms with E-state index in [1.807, 2.05) is 0 Å². The lowest BCUT2D eigenvalue weighted by Gasteiger charge is -2.18. The monoisotopic (exact) mass is 251 g/mol. The topological polar surface area (TPSA) is 88.2 Å². The molecular formula is C13H21N3O2. The van der Waals surface area contributed by atoms with Gasteiger partial charge in [0.1, 0.15) is 0 Å². The van der Waals surface area contributed by atoms with Crippen molar-refractivity contribution in [1.29, 1.82) is 0 Å². The van der Waals surface area contributed by atoms with Gasteiger partial charge in [0, 0.05) is 5.69 Å². The Labute approximate surface area is 107 Å². The van der Waals surface area contributed by atoms with Crippen LogP contribution in [0.1, 0.15) is 26.0 Å². The fraction of sp³-hybridized carbons (Fsp3) is 0.538. The second kappa shape index (κ2) is 6.96. The van der Waals surface area contributed by atoms with E-state index in [4.69, 9.17) is 5.73 Å². The van der Waals surface area contributed by atoms with Gasteiger partial charge in [0.2, 0.25) is 5.91 Å². The predicted molar refractivity (Wildman–Crippen MR) is 70.8 cm³/mol. The molecule has 0 saturated carbocycles. The number of carbonyl (C=O) groups excluding carboxylic acids is 1. The lowest BCUT2D eigenvalue weighted by atomic mass is 10.0. The summed E-state index contributed by atoms with van der Waals surface area (Å²) in [5, 5.41) is 12.0. The fourth-order valence-electron chi connectivity index (χ4n) is 1.73. The molecule has 100 valence electrons. The zero-order valence-corrected chi connectivity index (χ0v) is 10.9. The minimum absolute atomic E-state index is 0.0426. The highest BCUT2D eigenvalue weighted by Crippen LogP contribution is 2.05. The van der Waals surface area contributed by atoms with E-state index in [2.05, 4.69) is 24.1 Å². The van der Waals surface area contributed by atoms with Crippen LogP contribution >= 0.6 is 0 Å². The van der Waals surface area contributed by atoms with Crippen LogP contribution < -0.4 is 11.1 Å². The average molecular weight is 251 g/mol. The maximum Gasteiger partial charge on any atom is 0.226 e. The van der Waals surface area contributed by atoms with Crippen LogP contribution in [0.2, 0.25) is 0 Å². The number of nitrogen functional groups attached to an aromatic ring is 1. The molecule has 0 fully saturated rings. The van der Waals surface area contributed by atoms with E-state index in [-0.39, 0.29) is 25.0 Å². The van der Waals surface area contributed by atoms with Gasteiger partial charge in [-0.2, -0.15) is 0 Å². The Hall–Kier alpha value is -1.62. The van der Waals surface area contributed by atoms with Crippen LogP contribution in [-0.2, 0) is 11.2 Å². The van der Waals surface area contributed by atoms with Gasteiger partial charge >= 0.3 is 0 Å². The molecule has 1 heterocycles. The number of nitrogens with zero attached hydrogens (tertiary/aromatic N) is 1. The van der Waals surface area contributed by atoms with Crippen molar-refractivity contribution in [2.24, 2.45) is 5.92 Å². The molecule has 0 radical (unpaired) electrons. The SMILES string of the molecule is CC(C)CC(CO)NC(=O)Cc1ccc(N)cn1. The van der Waals surface area contributed by atoms with Crippen LogP contribution in [0.5, 0.6) is 0 Å². The molecule has 0 bridgehead atoms. The van der Waals surface area contributed by atoms with E-state index in [1.54, 1.807) is 12.1 Å². The van der Waals surface area contributed by atoms with Gasteiger partial charge in [-0.05, 0) is 24.5 Å². The summed E-state index contributed by atoms with van der Waals surface area (Å²) in [5.41, 5.74) is 6.76. The third-order valence-corrected chi connectivity index (χ3v) is 2.53. The number of amides is 1. The smallest absolute Gasteiger partial charge is 0.226 e. The van der Waals surface area contributed by atoms with E-state index < -0.39 is 0 Å². The zero-order chi connectivity index (χ0) is 13.5. The Bertz CT molecular complexity index is 376. The number of nitrogens with one attached hydrogen (secondary N) is 1. The summed E-state index contributed by atoms with van der Waals surface area (Å²) >= 11 is 0. The van der Waals surface area contributed by atoms with Gasteiger partial charge in [-0.15, -0.1) is 0 Å². The highest BCUT2D eigenvalue weighted by Gasteiger charge is 2.13. The maximum absolute atomic E-state index is 11.8. The van der Waals surface area contributed by atoms with Crippen LogP contribution in [0.3, 0.4) is 0 Å². The highest BCUT2D eigenvalue weighted by atomic mass is 16.3. The Balaban J connectivity index is 2.47. The second-order valence-electron chi connectivity index (χ2n) is 4.84. The van der Waals surface area contributed by atoms with Crippen molar-refractivity contribution < 1.29 is 9.90 Å². The number of pyridine rings is 1. The van der Waals surface area contributed by atoms with E-state index in [9.17, 15) is 9.90 Å². The van der Waals surface area contributed by atoms with Crippen molar-refractivity contribution >= 4 is 11.6 Å². The Morgan fingerprint density at radius 1 is 1.50 bits per heavy atom. The van der Waals surface area contributed by atoms with Gasteiger partial charge < -0.3 is 16.2 Å². The molecule has 0 aliphatic rings. The summed E-state index contributed by atoms with van der Waals surface area (Å²) in [7, 11) is 0. The van der Waals surface area contributed by atoms with Crippen LogP contribution in [0.4, 0.5) is 5.69 Å². The molecule has 4 N–H and O–H groups in total. The molecule has 1 rings (SSSR count). The molecule has 1 unspecified atom stereocenters. The minimum atomic E-state index is -0.189. The van der Waals surface area contributed by atoms with Gasteiger partial charge in [-0.25, -0.2) is 0 Å². The predicted octanol–water partition coefficient (Wildman–Crippen LogP) is 0.729. The average Bonchev–Trinajstić information content (AvgIpc) is 2.30. The Kier molecular flexibility index (Phi) is 5.58. The molecule has 0 aromatic carbocycles. The molecule has 18 heavy (non-hydrogen) atoms. The van der Waals surface area contributed by atoms with Crippen molar-refractivity contribution in [3.63, 3.8) is 0 Å². The molecular weight excluding hydrogens is 230 g/mol. The van der Waals surface area contributed by atoms with Gasteiger partial charge in [-0.3, -0.25) is 9.78 Å². The van der Waals surface area contributed by atoms with Crippen molar-refractivity contribution in [3.05, 3.63) is 24.0 Å². The third kappa shape index (κ3) is 5.14. The number of hydrogen-bond donors (Lipinski definition) is 3. The number of rotatable bonds is 6. The van der Waals surface area contributed by atoms with Crippen LogP contribution in [0.25, 0.3) is 0 Å². The lowest BCUT2D eigenvalue weighted by Crippen LogP contribution is -2.39. The van der Waals surface area contributed by atoms with Crippen molar-refractivity contribution in [2.45, 2.75) is 32.7 Å². The summed E-state index contributed by atoms with van der Waals surface area (Å²) in [6.07, 6.45) is 2.49. The third-order valence-electron chi connectivity index (χ3n) is 2.53. The number of aromatic nitrogens is 1. The molecule has 5 heteroatoms. The van der Waals surface area contributed by atoms with E-state index in [0.29, 0.717) is 17.3 Å². The summed E-state index contributed by atoms with van der Waals surface area (Å²) in [5.74, 6) is 0.295. The summed E-state index contributed by atoms with van der Waals surface area (Å²) in [6, 6.07) is 3.25. The van der Waals surface area contributed by atoms with E-state index in [0.717, 1.165) is 6.42 Å². The Morgan fingerprint density at radius 2 is 2.22 bits per heavy atom. The molecule has 0 saturated heterocycles. The van der Waals surface area contributed by atoms with Crippen LogP contribution in [-0.4, -0.2) is 28.6 Å². The molecule has 0 spiro atoms. The zero-order valence-electron chi connectivity index (χ0n) is 10.9. The Morgan fingerprint density at radius 3 is 2.72 bits per heavy atom. The fourth-order valence-corrected chi connectivity index (χ4v) is 1.73. The summed E-state index contributed by atoms with van der Waals surface area (Å²) < 4.78 is 0. The number of nitrogens with two attached hydrogens (primary N) is 1. The largest absolute Gasteiger partial charge is 0.397 e. The van der Waals surface area contributed by atoms with Crippen molar-refractivity contribution in [2.75, 3.05) is 12.3 Å². The molecule has 5 nitrogen and oxygen atoms in total. The van der Waals surface area contributed by atoms with E-state index >= 15 is 0 Å².